The lowest BCUT2D eigenvalue weighted by molar-refractivity contribution is 0.113. The van der Waals surface area contributed by atoms with Gasteiger partial charge in [0.2, 0.25) is 0 Å². The van der Waals surface area contributed by atoms with Gasteiger partial charge in [-0.15, -0.1) is 0 Å². The van der Waals surface area contributed by atoms with Crippen molar-refractivity contribution in [3.8, 4) is 0 Å². The predicted octanol–water partition coefficient (Wildman–Crippen LogP) is 0.942. The molecular formula is C9H14N2O2. The third kappa shape index (κ3) is 2.08. The Kier molecular flexibility index (Phi) is 2.61. The van der Waals surface area contributed by atoms with Crippen molar-refractivity contribution in [1.82, 2.24) is 10.5 Å². The molecule has 1 aliphatic heterocycles. The van der Waals surface area contributed by atoms with Crippen LogP contribution in [0.25, 0.3) is 0 Å². The average molecular weight is 182 g/mol. The summed E-state index contributed by atoms with van der Waals surface area (Å²) in [5.74, 6) is 0. The molecule has 4 nitrogen and oxygen atoms in total. The van der Waals surface area contributed by atoms with Crippen LogP contribution < -0.4 is 5.32 Å². The molecule has 4 heteroatoms. The molecule has 0 spiro atoms. The summed E-state index contributed by atoms with van der Waals surface area (Å²) in [4.78, 5) is 0. The average Bonchev–Trinajstić information content (AvgIpc) is 2.72. The molecule has 1 fully saturated rings. The fourth-order valence-electron chi connectivity index (χ4n) is 1.56. The van der Waals surface area contributed by atoms with Crippen molar-refractivity contribution in [1.29, 1.82) is 0 Å². The molecule has 0 aliphatic carbocycles. The van der Waals surface area contributed by atoms with Crippen LogP contribution in [0, 0.1) is 0 Å². The third-order valence-electron chi connectivity index (χ3n) is 2.41. The van der Waals surface area contributed by atoms with Gasteiger partial charge in [0.25, 0.3) is 0 Å². The van der Waals surface area contributed by atoms with E-state index in [0.717, 1.165) is 25.3 Å². The second-order valence-electron chi connectivity index (χ2n) is 3.34. The van der Waals surface area contributed by atoms with Gasteiger partial charge >= 0.3 is 0 Å². The Hall–Kier alpha value is -0.870. The van der Waals surface area contributed by atoms with Gasteiger partial charge in [0, 0.05) is 25.3 Å². The SMILES string of the molecule is C[C@H]1OCC[C@H]1NCc1ccon1. The fourth-order valence-corrected chi connectivity index (χ4v) is 1.56. The van der Waals surface area contributed by atoms with Gasteiger partial charge in [-0.1, -0.05) is 5.16 Å². The van der Waals surface area contributed by atoms with Crippen LogP contribution in [-0.4, -0.2) is 23.9 Å². The van der Waals surface area contributed by atoms with Crippen molar-refractivity contribution in [2.75, 3.05) is 6.61 Å². The van der Waals surface area contributed by atoms with Gasteiger partial charge in [-0.2, -0.15) is 0 Å². The zero-order chi connectivity index (χ0) is 9.10. The van der Waals surface area contributed by atoms with Crippen LogP contribution in [0.15, 0.2) is 16.9 Å². The van der Waals surface area contributed by atoms with Gasteiger partial charge in [-0.25, -0.2) is 0 Å². The number of hydrogen-bond acceptors (Lipinski definition) is 4. The number of hydrogen-bond donors (Lipinski definition) is 1. The van der Waals surface area contributed by atoms with Crippen molar-refractivity contribution in [3.63, 3.8) is 0 Å². The van der Waals surface area contributed by atoms with Crippen LogP contribution in [0.3, 0.4) is 0 Å². The molecule has 0 aromatic carbocycles. The zero-order valence-corrected chi connectivity index (χ0v) is 7.69. The fraction of sp³-hybridized carbons (Fsp3) is 0.667. The lowest BCUT2D eigenvalue weighted by Gasteiger charge is -2.14. The molecule has 1 N–H and O–H groups in total. The number of aromatic nitrogens is 1. The van der Waals surface area contributed by atoms with E-state index in [-0.39, 0.29) is 0 Å². The van der Waals surface area contributed by atoms with Crippen molar-refractivity contribution < 1.29 is 9.26 Å². The molecule has 1 aliphatic rings. The molecule has 2 heterocycles. The maximum atomic E-state index is 5.43. The first-order valence-corrected chi connectivity index (χ1v) is 4.60. The number of nitrogens with one attached hydrogen (secondary N) is 1. The van der Waals surface area contributed by atoms with E-state index in [1.165, 1.54) is 0 Å². The Morgan fingerprint density at radius 3 is 3.23 bits per heavy atom. The third-order valence-corrected chi connectivity index (χ3v) is 2.41. The Labute approximate surface area is 77.2 Å². The van der Waals surface area contributed by atoms with Gasteiger partial charge in [0.1, 0.15) is 6.26 Å². The highest BCUT2D eigenvalue weighted by Crippen LogP contribution is 2.12. The smallest absolute Gasteiger partial charge is 0.124 e. The van der Waals surface area contributed by atoms with Crippen LogP contribution in [0.5, 0.6) is 0 Å². The molecule has 0 radical (unpaired) electrons. The Balaban J connectivity index is 1.79. The van der Waals surface area contributed by atoms with E-state index in [9.17, 15) is 0 Å². The molecule has 0 saturated carbocycles. The minimum atomic E-state index is 0.312. The summed E-state index contributed by atoms with van der Waals surface area (Å²) in [6.45, 7) is 3.71. The van der Waals surface area contributed by atoms with E-state index in [4.69, 9.17) is 9.26 Å². The highest BCUT2D eigenvalue weighted by molar-refractivity contribution is 4.95. The normalized spacial score (nSPS) is 28.1. The molecular weight excluding hydrogens is 168 g/mol. The van der Waals surface area contributed by atoms with Gasteiger partial charge in [0.15, 0.2) is 0 Å². The second kappa shape index (κ2) is 3.89. The maximum absolute atomic E-state index is 5.43. The topological polar surface area (TPSA) is 47.3 Å². The molecule has 0 amide bonds. The first-order valence-electron chi connectivity index (χ1n) is 4.60. The second-order valence-corrected chi connectivity index (χ2v) is 3.34. The van der Waals surface area contributed by atoms with E-state index in [1.807, 2.05) is 6.07 Å². The first-order chi connectivity index (χ1) is 6.36. The minimum absolute atomic E-state index is 0.312. The molecule has 1 aromatic rings. The summed E-state index contributed by atoms with van der Waals surface area (Å²) < 4.78 is 10.2. The standard InChI is InChI=1S/C9H14N2O2/c1-7-9(3-4-12-7)10-6-8-2-5-13-11-8/h2,5,7,9-10H,3-4,6H2,1H3/t7-,9-/m1/s1. The quantitative estimate of drug-likeness (QED) is 0.755. The van der Waals surface area contributed by atoms with E-state index in [2.05, 4.69) is 17.4 Å². The number of rotatable bonds is 3. The Morgan fingerprint density at radius 2 is 2.62 bits per heavy atom. The van der Waals surface area contributed by atoms with E-state index < -0.39 is 0 Å². The molecule has 0 unspecified atom stereocenters. The van der Waals surface area contributed by atoms with Crippen LogP contribution in [0.4, 0.5) is 0 Å². The van der Waals surface area contributed by atoms with E-state index >= 15 is 0 Å². The van der Waals surface area contributed by atoms with Gasteiger partial charge in [-0.05, 0) is 13.3 Å². The van der Waals surface area contributed by atoms with Crippen molar-refractivity contribution >= 4 is 0 Å². The summed E-state index contributed by atoms with van der Waals surface area (Å²) in [7, 11) is 0. The monoisotopic (exact) mass is 182 g/mol. The minimum Gasteiger partial charge on any atom is -0.377 e. The van der Waals surface area contributed by atoms with Crippen LogP contribution in [-0.2, 0) is 11.3 Å². The number of ether oxygens (including phenoxy) is 1. The Morgan fingerprint density at radius 1 is 1.69 bits per heavy atom. The Bertz CT molecular complexity index is 248. The largest absolute Gasteiger partial charge is 0.377 e. The molecule has 72 valence electrons. The summed E-state index contributed by atoms with van der Waals surface area (Å²) in [6, 6.07) is 2.32. The van der Waals surface area contributed by atoms with Gasteiger partial charge in [-0.3, -0.25) is 0 Å². The molecule has 1 saturated heterocycles. The highest BCUT2D eigenvalue weighted by atomic mass is 16.5. The number of nitrogens with zero attached hydrogens (tertiary/aromatic N) is 1. The zero-order valence-electron chi connectivity index (χ0n) is 7.69. The summed E-state index contributed by atoms with van der Waals surface area (Å²) >= 11 is 0. The van der Waals surface area contributed by atoms with Crippen LogP contribution in [0.2, 0.25) is 0 Å². The molecule has 0 bridgehead atoms. The highest BCUT2D eigenvalue weighted by Gasteiger charge is 2.23. The lowest BCUT2D eigenvalue weighted by Crippen LogP contribution is -2.34. The maximum Gasteiger partial charge on any atom is 0.124 e. The first kappa shape index (κ1) is 8.72. The van der Waals surface area contributed by atoms with Gasteiger partial charge in [0.05, 0.1) is 11.8 Å². The summed E-state index contributed by atoms with van der Waals surface area (Å²) in [6.07, 6.45) is 2.98. The lowest BCUT2D eigenvalue weighted by atomic mass is 10.1. The molecule has 13 heavy (non-hydrogen) atoms. The summed E-state index contributed by atoms with van der Waals surface area (Å²) in [5, 5.41) is 7.21. The molecule has 2 atom stereocenters. The van der Waals surface area contributed by atoms with Crippen molar-refractivity contribution in [3.05, 3.63) is 18.0 Å². The predicted molar refractivity (Wildman–Crippen MR) is 47.2 cm³/mol. The van der Waals surface area contributed by atoms with Gasteiger partial charge < -0.3 is 14.6 Å². The molecule has 2 rings (SSSR count). The summed E-state index contributed by atoms with van der Waals surface area (Å²) in [5.41, 5.74) is 0.944. The van der Waals surface area contributed by atoms with Crippen molar-refractivity contribution in [2.24, 2.45) is 0 Å². The van der Waals surface area contributed by atoms with Crippen LogP contribution >= 0.6 is 0 Å². The van der Waals surface area contributed by atoms with E-state index in [0.29, 0.717) is 12.1 Å². The van der Waals surface area contributed by atoms with Crippen LogP contribution in [0.1, 0.15) is 19.0 Å². The van der Waals surface area contributed by atoms with Crippen molar-refractivity contribution in [2.45, 2.75) is 32.0 Å². The molecule has 1 aromatic heterocycles. The van der Waals surface area contributed by atoms with E-state index in [1.54, 1.807) is 6.26 Å².